The van der Waals surface area contributed by atoms with Crippen molar-refractivity contribution in [2.75, 3.05) is 0 Å². The minimum Gasteiger partial charge on any atom is -0.283 e. The van der Waals surface area contributed by atoms with Crippen LogP contribution in [0, 0.1) is 10.1 Å². The summed E-state index contributed by atoms with van der Waals surface area (Å²) in [6.45, 7) is 0. The number of azo groups is 1. The van der Waals surface area contributed by atoms with Crippen molar-refractivity contribution in [1.82, 2.24) is 9.38 Å². The largest absolute Gasteiger partial charge is 0.283 e. The van der Waals surface area contributed by atoms with Crippen molar-refractivity contribution in [1.29, 1.82) is 0 Å². The fraction of sp³-hybridized carbons (Fsp3) is 0. The molecule has 0 spiro atoms. The Labute approximate surface area is 148 Å². The summed E-state index contributed by atoms with van der Waals surface area (Å²) in [7, 11) is 0. The van der Waals surface area contributed by atoms with E-state index < -0.39 is 4.92 Å². The number of pyridine rings is 1. The molecule has 26 heavy (non-hydrogen) atoms. The molecule has 2 heterocycles. The Morgan fingerprint density at radius 1 is 0.923 bits per heavy atom. The lowest BCUT2D eigenvalue weighted by Crippen LogP contribution is -1.88. The van der Waals surface area contributed by atoms with E-state index in [1.54, 1.807) is 16.5 Å². The Bertz CT molecular complexity index is 1120. The summed E-state index contributed by atoms with van der Waals surface area (Å²) in [6.07, 6.45) is 1.84. The first kappa shape index (κ1) is 15.6. The number of hydrogen-bond acceptors (Lipinski definition) is 5. The van der Waals surface area contributed by atoms with Gasteiger partial charge in [0.15, 0.2) is 5.82 Å². The molecule has 0 saturated heterocycles. The number of aromatic nitrogens is 2. The van der Waals surface area contributed by atoms with Gasteiger partial charge in [0.25, 0.3) is 5.69 Å². The monoisotopic (exact) mass is 343 g/mol. The van der Waals surface area contributed by atoms with Crippen molar-refractivity contribution >= 4 is 22.8 Å². The average molecular weight is 343 g/mol. The fourth-order valence-corrected chi connectivity index (χ4v) is 2.64. The summed E-state index contributed by atoms with van der Waals surface area (Å²) >= 11 is 0. The Morgan fingerprint density at radius 2 is 1.73 bits per heavy atom. The number of fused-ring (bicyclic) bond motifs is 1. The SMILES string of the molecule is O=[N+]([O-])c1cccc(-c2nc3ccccn3c2N=Nc2ccccc2)c1. The van der Waals surface area contributed by atoms with Gasteiger partial charge < -0.3 is 0 Å². The molecule has 4 rings (SSSR count). The molecule has 7 heteroatoms. The van der Waals surface area contributed by atoms with Gasteiger partial charge in [-0.2, -0.15) is 0 Å². The Hall–Kier alpha value is -3.87. The summed E-state index contributed by atoms with van der Waals surface area (Å²) in [5.41, 5.74) is 2.56. The first-order valence-corrected chi connectivity index (χ1v) is 7.91. The van der Waals surface area contributed by atoms with Crippen molar-refractivity contribution in [3.05, 3.63) is 89.1 Å². The van der Waals surface area contributed by atoms with E-state index in [1.807, 2.05) is 54.7 Å². The number of benzene rings is 2. The van der Waals surface area contributed by atoms with Crippen molar-refractivity contribution in [2.24, 2.45) is 10.2 Å². The molecular weight excluding hydrogens is 330 g/mol. The summed E-state index contributed by atoms with van der Waals surface area (Å²) in [6, 6.07) is 21.3. The predicted octanol–water partition coefficient (Wildman–Crippen LogP) is 5.32. The van der Waals surface area contributed by atoms with Crippen LogP contribution in [-0.4, -0.2) is 14.3 Å². The van der Waals surface area contributed by atoms with Crippen LogP contribution in [0.25, 0.3) is 16.9 Å². The van der Waals surface area contributed by atoms with Crippen LogP contribution in [0.15, 0.2) is 89.2 Å². The molecule has 0 saturated carbocycles. The van der Waals surface area contributed by atoms with Crippen LogP contribution >= 0.6 is 0 Å². The van der Waals surface area contributed by atoms with Crippen molar-refractivity contribution in [3.8, 4) is 11.3 Å². The lowest BCUT2D eigenvalue weighted by Gasteiger charge is -2.00. The lowest BCUT2D eigenvalue weighted by atomic mass is 10.1. The summed E-state index contributed by atoms with van der Waals surface area (Å²) in [4.78, 5) is 15.2. The molecule has 0 amide bonds. The standard InChI is InChI=1S/C19H13N5O2/c25-24(26)16-10-6-7-14(13-16)18-19(22-21-15-8-2-1-3-9-15)23-12-5-4-11-17(23)20-18/h1-13H. The van der Waals surface area contributed by atoms with E-state index >= 15 is 0 Å². The van der Waals surface area contributed by atoms with E-state index in [2.05, 4.69) is 15.2 Å². The van der Waals surface area contributed by atoms with Gasteiger partial charge in [-0.25, -0.2) is 4.98 Å². The molecule has 7 nitrogen and oxygen atoms in total. The molecule has 0 aliphatic rings. The molecule has 0 unspecified atom stereocenters. The second-order valence-corrected chi connectivity index (χ2v) is 5.56. The average Bonchev–Trinajstić information content (AvgIpc) is 3.06. The molecule has 4 aromatic rings. The molecule has 0 aliphatic carbocycles. The van der Waals surface area contributed by atoms with Crippen LogP contribution in [-0.2, 0) is 0 Å². The minimum absolute atomic E-state index is 0.00510. The van der Waals surface area contributed by atoms with Crippen LogP contribution in [0.3, 0.4) is 0 Å². The van der Waals surface area contributed by atoms with Gasteiger partial charge in [-0.05, 0) is 24.3 Å². The Balaban J connectivity index is 1.88. The molecule has 2 aromatic heterocycles. The topological polar surface area (TPSA) is 85.2 Å². The van der Waals surface area contributed by atoms with Crippen LogP contribution < -0.4 is 0 Å². The number of non-ortho nitro benzene ring substituents is 1. The van der Waals surface area contributed by atoms with Crippen molar-refractivity contribution in [2.45, 2.75) is 0 Å². The fourth-order valence-electron chi connectivity index (χ4n) is 2.64. The predicted molar refractivity (Wildman–Crippen MR) is 97.9 cm³/mol. The molecular formula is C19H13N5O2. The van der Waals surface area contributed by atoms with E-state index in [4.69, 9.17) is 0 Å². The smallest absolute Gasteiger partial charge is 0.270 e. The normalized spacial score (nSPS) is 11.2. The van der Waals surface area contributed by atoms with E-state index in [9.17, 15) is 10.1 Å². The lowest BCUT2D eigenvalue weighted by molar-refractivity contribution is -0.384. The summed E-state index contributed by atoms with van der Waals surface area (Å²) < 4.78 is 1.81. The highest BCUT2D eigenvalue weighted by Crippen LogP contribution is 2.33. The van der Waals surface area contributed by atoms with Crippen LogP contribution in [0.2, 0.25) is 0 Å². The highest BCUT2D eigenvalue weighted by molar-refractivity contribution is 5.75. The number of hydrogen-bond donors (Lipinski definition) is 0. The van der Waals surface area contributed by atoms with Gasteiger partial charge in [-0.15, -0.1) is 10.2 Å². The molecule has 0 bridgehead atoms. The highest BCUT2D eigenvalue weighted by atomic mass is 16.6. The number of imidazole rings is 1. The zero-order chi connectivity index (χ0) is 17.9. The maximum absolute atomic E-state index is 11.1. The number of rotatable bonds is 4. The van der Waals surface area contributed by atoms with Gasteiger partial charge in [0, 0.05) is 23.9 Å². The third-order valence-electron chi connectivity index (χ3n) is 3.85. The second-order valence-electron chi connectivity index (χ2n) is 5.56. The summed E-state index contributed by atoms with van der Waals surface area (Å²) in [5.74, 6) is 0.518. The third kappa shape index (κ3) is 2.93. The Morgan fingerprint density at radius 3 is 2.54 bits per heavy atom. The molecule has 0 atom stereocenters. The quantitative estimate of drug-likeness (QED) is 0.285. The molecule has 0 radical (unpaired) electrons. The van der Waals surface area contributed by atoms with E-state index in [1.165, 1.54) is 12.1 Å². The number of nitro groups is 1. The van der Waals surface area contributed by atoms with Gasteiger partial charge >= 0.3 is 0 Å². The van der Waals surface area contributed by atoms with Gasteiger partial charge in [-0.1, -0.05) is 36.4 Å². The maximum atomic E-state index is 11.1. The first-order valence-electron chi connectivity index (χ1n) is 7.91. The zero-order valence-corrected chi connectivity index (χ0v) is 13.6. The van der Waals surface area contributed by atoms with Gasteiger partial charge in [-0.3, -0.25) is 14.5 Å². The van der Waals surface area contributed by atoms with Gasteiger partial charge in [0.05, 0.1) is 10.6 Å². The number of nitro benzene ring substituents is 1. The summed E-state index contributed by atoms with van der Waals surface area (Å²) in [5, 5.41) is 19.7. The molecule has 0 N–H and O–H groups in total. The third-order valence-corrected chi connectivity index (χ3v) is 3.85. The number of nitrogens with zero attached hydrogens (tertiary/aromatic N) is 5. The van der Waals surface area contributed by atoms with Crippen molar-refractivity contribution in [3.63, 3.8) is 0 Å². The van der Waals surface area contributed by atoms with Crippen LogP contribution in [0.4, 0.5) is 17.2 Å². The molecule has 0 fully saturated rings. The molecule has 0 aliphatic heterocycles. The first-order chi connectivity index (χ1) is 12.7. The van der Waals surface area contributed by atoms with E-state index in [0.717, 1.165) is 0 Å². The highest BCUT2D eigenvalue weighted by Gasteiger charge is 2.16. The Kier molecular flexibility index (Phi) is 3.95. The van der Waals surface area contributed by atoms with Crippen molar-refractivity contribution < 1.29 is 4.92 Å². The minimum atomic E-state index is -0.426. The van der Waals surface area contributed by atoms with Gasteiger partial charge in [0.1, 0.15) is 11.3 Å². The van der Waals surface area contributed by atoms with E-state index in [-0.39, 0.29) is 5.69 Å². The second kappa shape index (κ2) is 6.56. The van der Waals surface area contributed by atoms with E-state index in [0.29, 0.717) is 28.4 Å². The van der Waals surface area contributed by atoms with Crippen LogP contribution in [0.1, 0.15) is 0 Å². The van der Waals surface area contributed by atoms with Gasteiger partial charge in [0.2, 0.25) is 0 Å². The van der Waals surface area contributed by atoms with Crippen LogP contribution in [0.5, 0.6) is 0 Å². The molecule has 126 valence electrons. The zero-order valence-electron chi connectivity index (χ0n) is 13.6. The molecule has 2 aromatic carbocycles. The maximum Gasteiger partial charge on any atom is 0.270 e.